The molecular weight excluding hydrogens is 330 g/mol. The number of aromatic nitrogens is 3. The number of anilines is 2. The number of ether oxygens (including phenoxy) is 1. The fourth-order valence-electron chi connectivity index (χ4n) is 3.09. The Balaban J connectivity index is 1.60. The van der Waals surface area contributed by atoms with E-state index in [-0.39, 0.29) is 5.91 Å². The highest BCUT2D eigenvalue weighted by atomic mass is 16.5. The number of aryl methyl sites for hydroxylation is 1. The molecule has 1 amide bonds. The molecule has 3 aromatic rings. The fourth-order valence-corrected chi connectivity index (χ4v) is 3.09. The topological polar surface area (TPSA) is 80.2 Å². The Morgan fingerprint density at radius 3 is 2.81 bits per heavy atom. The Hall–Kier alpha value is -3.06. The van der Waals surface area contributed by atoms with Crippen molar-refractivity contribution >= 4 is 28.2 Å². The molecule has 0 spiro atoms. The van der Waals surface area contributed by atoms with Crippen molar-refractivity contribution in [3.8, 4) is 0 Å². The second-order valence-electron chi connectivity index (χ2n) is 6.11. The Bertz CT molecular complexity index is 954. The van der Waals surface area contributed by atoms with E-state index in [0.29, 0.717) is 18.9 Å². The molecule has 0 atom stereocenters. The quantitative estimate of drug-likeness (QED) is 0.782. The van der Waals surface area contributed by atoms with Gasteiger partial charge in [-0.1, -0.05) is 12.1 Å². The third-order valence-electron chi connectivity index (χ3n) is 4.47. The van der Waals surface area contributed by atoms with Gasteiger partial charge in [0.1, 0.15) is 17.8 Å². The van der Waals surface area contributed by atoms with E-state index in [1.807, 2.05) is 31.2 Å². The van der Waals surface area contributed by atoms with Crippen molar-refractivity contribution in [3.05, 3.63) is 54.2 Å². The lowest BCUT2D eigenvalue weighted by Gasteiger charge is -2.27. The monoisotopic (exact) mass is 349 g/mol. The van der Waals surface area contributed by atoms with Crippen LogP contribution in [-0.4, -0.2) is 47.2 Å². The molecular formula is C19H19N5O2. The number of carbonyl (C=O) groups is 1. The fraction of sp³-hybridized carbons (Fsp3) is 0.263. The first kappa shape index (κ1) is 16.4. The van der Waals surface area contributed by atoms with Crippen LogP contribution in [0.2, 0.25) is 0 Å². The lowest BCUT2D eigenvalue weighted by atomic mass is 10.1. The van der Waals surface area contributed by atoms with Gasteiger partial charge in [0, 0.05) is 47.5 Å². The maximum absolute atomic E-state index is 12.7. The maximum Gasteiger partial charge on any atom is 0.274 e. The Kier molecular flexibility index (Phi) is 4.45. The van der Waals surface area contributed by atoms with Crippen LogP contribution in [0.15, 0.2) is 42.9 Å². The van der Waals surface area contributed by atoms with E-state index in [1.54, 1.807) is 12.3 Å². The van der Waals surface area contributed by atoms with Crippen LogP contribution in [0.25, 0.3) is 10.8 Å². The highest BCUT2D eigenvalue weighted by Crippen LogP contribution is 2.25. The van der Waals surface area contributed by atoms with Gasteiger partial charge in [-0.25, -0.2) is 9.97 Å². The summed E-state index contributed by atoms with van der Waals surface area (Å²) < 4.78 is 5.36. The molecule has 1 aromatic carbocycles. The van der Waals surface area contributed by atoms with Crippen LogP contribution < -0.4 is 10.2 Å². The molecule has 3 heterocycles. The van der Waals surface area contributed by atoms with Gasteiger partial charge in [-0.05, 0) is 19.1 Å². The Morgan fingerprint density at radius 2 is 1.96 bits per heavy atom. The number of hydrogen-bond acceptors (Lipinski definition) is 6. The number of fused-ring (bicyclic) bond motifs is 1. The zero-order valence-electron chi connectivity index (χ0n) is 14.5. The van der Waals surface area contributed by atoms with Crippen LogP contribution in [0.5, 0.6) is 0 Å². The molecule has 0 saturated carbocycles. The van der Waals surface area contributed by atoms with Gasteiger partial charge in [-0.3, -0.25) is 9.78 Å². The van der Waals surface area contributed by atoms with E-state index in [4.69, 9.17) is 4.74 Å². The third kappa shape index (κ3) is 3.21. The zero-order chi connectivity index (χ0) is 17.9. The van der Waals surface area contributed by atoms with Gasteiger partial charge in [0.05, 0.1) is 13.2 Å². The molecule has 7 heteroatoms. The van der Waals surface area contributed by atoms with Gasteiger partial charge in [0.25, 0.3) is 5.91 Å². The lowest BCUT2D eigenvalue weighted by molar-refractivity contribution is 0.102. The number of amides is 1. The number of benzene rings is 1. The van der Waals surface area contributed by atoms with E-state index in [0.717, 1.165) is 41.1 Å². The molecule has 0 bridgehead atoms. The average molecular weight is 349 g/mol. The predicted molar refractivity (Wildman–Crippen MR) is 99.5 cm³/mol. The first-order valence-electron chi connectivity index (χ1n) is 8.53. The summed E-state index contributed by atoms with van der Waals surface area (Å²) in [5.74, 6) is 0.482. The molecule has 7 nitrogen and oxygen atoms in total. The largest absolute Gasteiger partial charge is 0.378 e. The highest BCUT2D eigenvalue weighted by molar-refractivity contribution is 6.08. The average Bonchev–Trinajstić information content (AvgIpc) is 2.69. The second-order valence-corrected chi connectivity index (χ2v) is 6.11. The van der Waals surface area contributed by atoms with Crippen LogP contribution in [0.3, 0.4) is 0 Å². The molecule has 1 aliphatic heterocycles. The molecule has 132 valence electrons. The van der Waals surface area contributed by atoms with Gasteiger partial charge in [0.2, 0.25) is 0 Å². The van der Waals surface area contributed by atoms with Crippen molar-refractivity contribution in [2.45, 2.75) is 6.92 Å². The van der Waals surface area contributed by atoms with E-state index in [9.17, 15) is 4.79 Å². The van der Waals surface area contributed by atoms with Crippen molar-refractivity contribution in [2.24, 2.45) is 0 Å². The minimum atomic E-state index is -0.260. The van der Waals surface area contributed by atoms with E-state index < -0.39 is 0 Å². The summed E-state index contributed by atoms with van der Waals surface area (Å²) in [7, 11) is 0. The van der Waals surface area contributed by atoms with Crippen LogP contribution in [0, 0.1) is 6.92 Å². The van der Waals surface area contributed by atoms with Gasteiger partial charge < -0.3 is 15.0 Å². The van der Waals surface area contributed by atoms with Crippen LogP contribution in [-0.2, 0) is 4.74 Å². The van der Waals surface area contributed by atoms with Crippen LogP contribution >= 0.6 is 0 Å². The molecule has 4 rings (SSSR count). The minimum absolute atomic E-state index is 0.260. The molecule has 0 radical (unpaired) electrons. The Morgan fingerprint density at radius 1 is 1.12 bits per heavy atom. The van der Waals surface area contributed by atoms with E-state index in [1.165, 1.54) is 6.33 Å². The van der Waals surface area contributed by atoms with E-state index in [2.05, 4.69) is 25.2 Å². The summed E-state index contributed by atoms with van der Waals surface area (Å²) in [6.07, 6.45) is 3.17. The number of rotatable bonds is 3. The number of nitrogens with one attached hydrogen (secondary N) is 1. The second kappa shape index (κ2) is 7.05. The summed E-state index contributed by atoms with van der Waals surface area (Å²) in [4.78, 5) is 27.5. The molecule has 1 N–H and O–H groups in total. The normalized spacial score (nSPS) is 14.4. The number of hydrogen-bond donors (Lipinski definition) is 1. The SMILES string of the molecule is Cc1nccc2c(NC(=O)c3cc(N4CCOCC4)ncn3)cccc12. The van der Waals surface area contributed by atoms with Crippen molar-refractivity contribution in [3.63, 3.8) is 0 Å². The van der Waals surface area contributed by atoms with Gasteiger partial charge in [-0.2, -0.15) is 0 Å². The van der Waals surface area contributed by atoms with Crippen LogP contribution in [0.1, 0.15) is 16.2 Å². The predicted octanol–water partition coefficient (Wildman–Crippen LogP) is 2.42. The number of morpholine rings is 1. The highest BCUT2D eigenvalue weighted by Gasteiger charge is 2.16. The first-order valence-corrected chi connectivity index (χ1v) is 8.53. The van der Waals surface area contributed by atoms with Crippen LogP contribution in [0.4, 0.5) is 11.5 Å². The summed E-state index contributed by atoms with van der Waals surface area (Å²) in [5, 5.41) is 4.93. The standard InChI is InChI=1S/C19H19N5O2/c1-13-14-3-2-4-16(15(14)5-6-20-13)23-19(25)17-11-18(22-12-21-17)24-7-9-26-10-8-24/h2-6,11-12H,7-10H2,1H3,(H,23,25). The number of nitrogens with zero attached hydrogens (tertiary/aromatic N) is 4. The van der Waals surface area contributed by atoms with Crippen molar-refractivity contribution < 1.29 is 9.53 Å². The molecule has 2 aromatic heterocycles. The van der Waals surface area contributed by atoms with Crippen molar-refractivity contribution in [1.82, 2.24) is 15.0 Å². The summed E-state index contributed by atoms with van der Waals surface area (Å²) in [6, 6.07) is 9.40. The number of carbonyl (C=O) groups excluding carboxylic acids is 1. The minimum Gasteiger partial charge on any atom is -0.378 e. The smallest absolute Gasteiger partial charge is 0.274 e. The first-order chi connectivity index (χ1) is 12.7. The van der Waals surface area contributed by atoms with Gasteiger partial charge in [0.15, 0.2) is 0 Å². The number of pyridine rings is 1. The summed E-state index contributed by atoms with van der Waals surface area (Å²) in [6.45, 7) is 4.79. The van der Waals surface area contributed by atoms with E-state index >= 15 is 0 Å². The molecule has 26 heavy (non-hydrogen) atoms. The van der Waals surface area contributed by atoms with Crippen molar-refractivity contribution in [2.75, 3.05) is 36.5 Å². The maximum atomic E-state index is 12.7. The molecule has 0 unspecified atom stereocenters. The van der Waals surface area contributed by atoms with Gasteiger partial charge >= 0.3 is 0 Å². The Labute approximate surface area is 151 Å². The van der Waals surface area contributed by atoms with Crippen molar-refractivity contribution in [1.29, 1.82) is 0 Å². The summed E-state index contributed by atoms with van der Waals surface area (Å²) >= 11 is 0. The van der Waals surface area contributed by atoms with Gasteiger partial charge in [-0.15, -0.1) is 0 Å². The molecule has 1 saturated heterocycles. The lowest BCUT2D eigenvalue weighted by Crippen LogP contribution is -2.37. The molecule has 1 fully saturated rings. The molecule has 0 aliphatic carbocycles. The molecule has 1 aliphatic rings. The third-order valence-corrected chi connectivity index (χ3v) is 4.47. The zero-order valence-corrected chi connectivity index (χ0v) is 14.5. The summed E-state index contributed by atoms with van der Waals surface area (Å²) in [5.41, 5.74) is 2.00.